The minimum atomic E-state index is -0.254. The number of hydrogen-bond donors (Lipinski definition) is 4. The van der Waals surface area contributed by atoms with Crippen LogP contribution >= 0.6 is 0 Å². The van der Waals surface area contributed by atoms with Crippen LogP contribution < -0.4 is 21.3 Å². The van der Waals surface area contributed by atoms with Crippen LogP contribution in [0, 0.1) is 0 Å². The Morgan fingerprint density at radius 3 is 2.37 bits per heavy atom. The molecular weight excluding hydrogens is 518 g/mol. The molecule has 4 aromatic rings. The Bertz CT molecular complexity index is 1520. The highest BCUT2D eigenvalue weighted by molar-refractivity contribution is 6.04. The Labute approximate surface area is 239 Å². The van der Waals surface area contributed by atoms with Gasteiger partial charge in [0.15, 0.2) is 5.65 Å². The van der Waals surface area contributed by atoms with Gasteiger partial charge >= 0.3 is 0 Å². The molecule has 214 valence electrons. The summed E-state index contributed by atoms with van der Waals surface area (Å²) in [4.78, 5) is 36.0. The second-order valence-corrected chi connectivity index (χ2v) is 10.7. The molecule has 1 fully saturated rings. The molecule has 0 atom stereocenters. The molecule has 0 unspecified atom stereocenters. The molecule has 0 radical (unpaired) electrons. The van der Waals surface area contributed by atoms with Crippen molar-refractivity contribution in [2.45, 2.75) is 58.0 Å². The molecule has 11 nitrogen and oxygen atoms in total. The zero-order chi connectivity index (χ0) is 28.9. The summed E-state index contributed by atoms with van der Waals surface area (Å²) in [5, 5.41) is 17.1. The number of nitrogens with zero attached hydrogens (tertiary/aromatic N) is 5. The second kappa shape index (κ2) is 12.3. The standard InChI is InChI=1S/C30H37N9O2/c1-5-20-18-31-39-27(20)36-29(34-23-13-15-26(16-14-23)38(3)4)37-30(39)35-25-8-6-7-24(17-25)33-28(41)21-9-11-22(12-10-21)32-19(2)40/h6-12,17-18,23,26H,5,13-16H2,1-4H3,(H,32,40)(H,33,41)(H2,34,35,36,37). The Morgan fingerprint density at radius 1 is 0.951 bits per heavy atom. The van der Waals surface area contributed by atoms with E-state index in [1.54, 1.807) is 28.8 Å². The van der Waals surface area contributed by atoms with Gasteiger partial charge in [-0.2, -0.15) is 19.6 Å². The number of anilines is 5. The maximum Gasteiger partial charge on any atom is 0.255 e. The van der Waals surface area contributed by atoms with Gasteiger partial charge < -0.3 is 26.2 Å². The summed E-state index contributed by atoms with van der Waals surface area (Å²) in [5.74, 6) is 0.700. The van der Waals surface area contributed by atoms with Crippen molar-refractivity contribution < 1.29 is 9.59 Å². The predicted octanol–water partition coefficient (Wildman–Crippen LogP) is 4.93. The maximum absolute atomic E-state index is 12.9. The molecule has 0 aliphatic heterocycles. The third-order valence-electron chi connectivity index (χ3n) is 7.43. The minimum Gasteiger partial charge on any atom is -0.351 e. The molecular formula is C30H37N9O2. The first kappa shape index (κ1) is 28.0. The molecule has 11 heteroatoms. The van der Waals surface area contributed by atoms with Gasteiger partial charge in [-0.05, 0) is 88.7 Å². The number of carbonyl (C=O) groups is 2. The largest absolute Gasteiger partial charge is 0.351 e. The van der Waals surface area contributed by atoms with Crippen molar-refractivity contribution in [2.75, 3.05) is 35.4 Å². The van der Waals surface area contributed by atoms with E-state index in [0.29, 0.717) is 40.9 Å². The van der Waals surface area contributed by atoms with Crippen LogP contribution in [0.1, 0.15) is 55.5 Å². The molecule has 0 saturated heterocycles. The van der Waals surface area contributed by atoms with Gasteiger partial charge in [-0.15, -0.1) is 0 Å². The topological polar surface area (TPSA) is 129 Å². The first-order valence-corrected chi connectivity index (χ1v) is 14.0. The number of benzene rings is 2. The zero-order valence-corrected chi connectivity index (χ0v) is 23.9. The number of carbonyl (C=O) groups excluding carboxylic acids is 2. The first-order chi connectivity index (χ1) is 19.8. The fourth-order valence-corrected chi connectivity index (χ4v) is 5.15. The van der Waals surface area contributed by atoms with Crippen LogP contribution in [-0.4, -0.2) is 62.5 Å². The van der Waals surface area contributed by atoms with Gasteiger partial charge in [0.1, 0.15) is 0 Å². The molecule has 1 aliphatic rings. The molecule has 2 heterocycles. The lowest BCUT2D eigenvalue weighted by atomic mass is 9.91. The molecule has 5 rings (SSSR count). The van der Waals surface area contributed by atoms with Gasteiger partial charge in [0.25, 0.3) is 5.91 Å². The molecule has 1 aliphatic carbocycles. The van der Waals surface area contributed by atoms with Gasteiger partial charge in [-0.1, -0.05) is 13.0 Å². The fraction of sp³-hybridized carbons (Fsp3) is 0.367. The van der Waals surface area contributed by atoms with Crippen molar-refractivity contribution >= 4 is 46.4 Å². The van der Waals surface area contributed by atoms with E-state index in [4.69, 9.17) is 9.97 Å². The molecule has 2 aromatic carbocycles. The summed E-state index contributed by atoms with van der Waals surface area (Å²) >= 11 is 0. The highest BCUT2D eigenvalue weighted by Crippen LogP contribution is 2.26. The van der Waals surface area contributed by atoms with E-state index in [2.05, 4.69) is 52.3 Å². The summed E-state index contributed by atoms with van der Waals surface area (Å²) in [7, 11) is 4.29. The van der Waals surface area contributed by atoms with E-state index in [9.17, 15) is 9.59 Å². The van der Waals surface area contributed by atoms with Gasteiger partial charge in [0.2, 0.25) is 17.8 Å². The number of rotatable bonds is 9. The predicted molar refractivity (Wildman–Crippen MR) is 162 cm³/mol. The Morgan fingerprint density at radius 2 is 1.68 bits per heavy atom. The van der Waals surface area contributed by atoms with Crippen molar-refractivity contribution in [3.05, 3.63) is 65.9 Å². The normalized spacial score (nSPS) is 16.9. The van der Waals surface area contributed by atoms with Crippen molar-refractivity contribution in [3.8, 4) is 0 Å². The summed E-state index contributed by atoms with van der Waals surface area (Å²) in [5.41, 5.74) is 4.30. The molecule has 1 saturated carbocycles. The van der Waals surface area contributed by atoms with E-state index in [1.165, 1.54) is 6.92 Å². The Hall–Kier alpha value is -4.51. The van der Waals surface area contributed by atoms with Crippen molar-refractivity contribution in [1.29, 1.82) is 0 Å². The fourth-order valence-electron chi connectivity index (χ4n) is 5.15. The lowest BCUT2D eigenvalue weighted by Gasteiger charge is -2.33. The molecule has 2 aromatic heterocycles. The van der Waals surface area contributed by atoms with Crippen LogP contribution in [-0.2, 0) is 11.2 Å². The van der Waals surface area contributed by atoms with Crippen LogP contribution in [0.25, 0.3) is 5.65 Å². The smallest absolute Gasteiger partial charge is 0.255 e. The minimum absolute atomic E-state index is 0.163. The third kappa shape index (κ3) is 6.80. The lowest BCUT2D eigenvalue weighted by Crippen LogP contribution is -2.36. The number of aryl methyl sites for hydroxylation is 1. The summed E-state index contributed by atoms with van der Waals surface area (Å²) in [6.07, 6.45) is 7.05. The lowest BCUT2D eigenvalue weighted by molar-refractivity contribution is -0.114. The monoisotopic (exact) mass is 555 g/mol. The quantitative estimate of drug-likeness (QED) is 0.229. The zero-order valence-electron chi connectivity index (χ0n) is 23.9. The van der Waals surface area contributed by atoms with Crippen LogP contribution in [0.15, 0.2) is 54.7 Å². The first-order valence-electron chi connectivity index (χ1n) is 14.0. The number of hydrogen-bond acceptors (Lipinski definition) is 8. The number of amides is 2. The van der Waals surface area contributed by atoms with E-state index < -0.39 is 0 Å². The number of nitrogens with one attached hydrogen (secondary N) is 4. The summed E-state index contributed by atoms with van der Waals surface area (Å²) in [6, 6.07) is 15.1. The van der Waals surface area contributed by atoms with Crippen molar-refractivity contribution in [1.82, 2.24) is 24.5 Å². The van der Waals surface area contributed by atoms with E-state index in [-0.39, 0.29) is 11.8 Å². The Balaban J connectivity index is 1.32. The van der Waals surface area contributed by atoms with Crippen molar-refractivity contribution in [3.63, 3.8) is 0 Å². The van der Waals surface area contributed by atoms with Crippen LogP contribution in [0.3, 0.4) is 0 Å². The highest BCUT2D eigenvalue weighted by Gasteiger charge is 2.23. The molecule has 2 amide bonds. The van der Waals surface area contributed by atoms with Crippen LogP contribution in [0.5, 0.6) is 0 Å². The summed E-state index contributed by atoms with van der Waals surface area (Å²) in [6.45, 7) is 3.53. The maximum atomic E-state index is 12.9. The van der Waals surface area contributed by atoms with Gasteiger partial charge in [0.05, 0.1) is 6.20 Å². The Kier molecular flexibility index (Phi) is 8.44. The van der Waals surface area contributed by atoms with E-state index in [0.717, 1.165) is 49.0 Å². The molecule has 41 heavy (non-hydrogen) atoms. The molecule has 4 N–H and O–H groups in total. The average Bonchev–Trinajstić information content (AvgIpc) is 3.37. The van der Waals surface area contributed by atoms with Crippen LogP contribution in [0.4, 0.5) is 29.0 Å². The number of fused-ring (bicyclic) bond motifs is 1. The number of aromatic nitrogens is 4. The van der Waals surface area contributed by atoms with Crippen LogP contribution in [0.2, 0.25) is 0 Å². The SMILES string of the molecule is CCc1cnn2c(Nc3cccc(NC(=O)c4ccc(NC(C)=O)cc4)c3)nc(NC3CCC(N(C)C)CC3)nc12. The second-order valence-electron chi connectivity index (χ2n) is 10.7. The average molecular weight is 556 g/mol. The third-order valence-corrected chi connectivity index (χ3v) is 7.43. The van der Waals surface area contributed by atoms with E-state index in [1.807, 2.05) is 30.5 Å². The van der Waals surface area contributed by atoms with Gasteiger partial charge in [-0.25, -0.2) is 0 Å². The van der Waals surface area contributed by atoms with Gasteiger partial charge in [0, 0.05) is 47.2 Å². The summed E-state index contributed by atoms with van der Waals surface area (Å²) < 4.78 is 1.72. The van der Waals surface area contributed by atoms with Crippen molar-refractivity contribution in [2.24, 2.45) is 0 Å². The van der Waals surface area contributed by atoms with Gasteiger partial charge in [-0.3, -0.25) is 9.59 Å². The highest BCUT2D eigenvalue weighted by atomic mass is 16.2. The molecule has 0 bridgehead atoms. The molecule has 0 spiro atoms. The van der Waals surface area contributed by atoms with E-state index >= 15 is 0 Å².